The molecule has 0 aliphatic carbocycles. The third-order valence-corrected chi connectivity index (χ3v) is 6.13. The lowest BCUT2D eigenvalue weighted by atomic mass is 10.2. The Balaban J connectivity index is 0.00000363. The maximum absolute atomic E-state index is 12.7. The van der Waals surface area contributed by atoms with Crippen LogP contribution in [0.1, 0.15) is 32.3 Å². The summed E-state index contributed by atoms with van der Waals surface area (Å²) in [5, 5.41) is 3.41. The maximum atomic E-state index is 12.7. The lowest BCUT2D eigenvalue weighted by molar-refractivity contribution is -0.135. The summed E-state index contributed by atoms with van der Waals surface area (Å²) in [5.74, 6) is 2.62. The predicted molar refractivity (Wildman–Crippen MR) is 138 cm³/mol. The summed E-state index contributed by atoms with van der Waals surface area (Å²) in [7, 11) is 3.28. The minimum atomic E-state index is -0.0495. The lowest BCUT2D eigenvalue weighted by Gasteiger charge is -2.39. The predicted octanol–water partition coefficient (Wildman–Crippen LogP) is 2.42. The van der Waals surface area contributed by atoms with Gasteiger partial charge in [0.1, 0.15) is 0 Å². The van der Waals surface area contributed by atoms with Gasteiger partial charge in [-0.1, -0.05) is 6.07 Å². The Morgan fingerprint density at radius 2 is 1.69 bits per heavy atom. The van der Waals surface area contributed by atoms with E-state index in [4.69, 9.17) is 14.5 Å². The first-order valence-corrected chi connectivity index (χ1v) is 11.3. The van der Waals surface area contributed by atoms with E-state index in [2.05, 4.69) is 22.0 Å². The SMILES string of the molecule is CCNC(=NCc1ccc(OC)c(OC)c1)N1CCN(C(C)C(=O)N2CCCC2)CC1.I. The number of halogens is 1. The van der Waals surface area contributed by atoms with Crippen LogP contribution in [-0.2, 0) is 11.3 Å². The average Bonchev–Trinajstić information content (AvgIpc) is 3.35. The molecule has 8 nitrogen and oxygen atoms in total. The number of hydrogen-bond acceptors (Lipinski definition) is 5. The number of aliphatic imine (C=N–C) groups is 1. The molecule has 1 aromatic carbocycles. The number of ether oxygens (including phenoxy) is 2. The number of piperazine rings is 1. The highest BCUT2D eigenvalue weighted by Gasteiger charge is 2.30. The van der Waals surface area contributed by atoms with Crippen LogP contribution in [-0.4, -0.2) is 92.6 Å². The number of carbonyl (C=O) groups is 1. The fraction of sp³-hybridized carbons (Fsp3) is 0.652. The van der Waals surface area contributed by atoms with Crippen molar-refractivity contribution in [1.82, 2.24) is 20.0 Å². The Bertz CT molecular complexity index is 762. The zero-order chi connectivity index (χ0) is 22.2. The van der Waals surface area contributed by atoms with Gasteiger partial charge in [0, 0.05) is 45.8 Å². The van der Waals surface area contributed by atoms with Crippen molar-refractivity contribution >= 4 is 35.8 Å². The van der Waals surface area contributed by atoms with Crippen molar-refractivity contribution in [3.63, 3.8) is 0 Å². The van der Waals surface area contributed by atoms with Gasteiger partial charge in [0.2, 0.25) is 5.91 Å². The Labute approximate surface area is 209 Å². The molecule has 0 radical (unpaired) electrons. The molecule has 1 N–H and O–H groups in total. The van der Waals surface area contributed by atoms with Crippen LogP contribution in [0, 0.1) is 0 Å². The summed E-state index contributed by atoms with van der Waals surface area (Å²) in [6, 6.07) is 5.84. The van der Waals surface area contributed by atoms with E-state index in [9.17, 15) is 4.79 Å². The Hall–Kier alpha value is -1.75. The second kappa shape index (κ2) is 13.1. The second-order valence-electron chi connectivity index (χ2n) is 8.09. The average molecular weight is 559 g/mol. The van der Waals surface area contributed by atoms with E-state index in [0.717, 1.165) is 75.9 Å². The quantitative estimate of drug-likeness (QED) is 0.315. The fourth-order valence-electron chi connectivity index (χ4n) is 4.25. The highest BCUT2D eigenvalue weighted by molar-refractivity contribution is 14.0. The van der Waals surface area contributed by atoms with Crippen LogP contribution < -0.4 is 14.8 Å². The number of methoxy groups -OCH3 is 2. The van der Waals surface area contributed by atoms with Crippen molar-refractivity contribution < 1.29 is 14.3 Å². The molecule has 0 saturated carbocycles. The number of amides is 1. The molecule has 1 aromatic rings. The van der Waals surface area contributed by atoms with Crippen LogP contribution >= 0.6 is 24.0 Å². The number of carbonyl (C=O) groups excluding carboxylic acids is 1. The molecule has 32 heavy (non-hydrogen) atoms. The van der Waals surface area contributed by atoms with Gasteiger partial charge in [-0.25, -0.2) is 4.99 Å². The fourth-order valence-corrected chi connectivity index (χ4v) is 4.25. The highest BCUT2D eigenvalue weighted by atomic mass is 127. The highest BCUT2D eigenvalue weighted by Crippen LogP contribution is 2.27. The Morgan fingerprint density at radius 3 is 2.28 bits per heavy atom. The van der Waals surface area contributed by atoms with E-state index in [-0.39, 0.29) is 35.9 Å². The minimum absolute atomic E-state index is 0. The Morgan fingerprint density at radius 1 is 1.03 bits per heavy atom. The van der Waals surface area contributed by atoms with Crippen molar-refractivity contribution in [3.8, 4) is 11.5 Å². The molecule has 2 aliphatic rings. The van der Waals surface area contributed by atoms with E-state index in [1.165, 1.54) is 0 Å². The van der Waals surface area contributed by atoms with E-state index >= 15 is 0 Å². The molecule has 9 heteroatoms. The van der Waals surface area contributed by atoms with E-state index in [1.54, 1.807) is 14.2 Å². The summed E-state index contributed by atoms with van der Waals surface area (Å²) < 4.78 is 10.7. The van der Waals surface area contributed by atoms with Crippen LogP contribution in [0.15, 0.2) is 23.2 Å². The van der Waals surface area contributed by atoms with E-state index in [0.29, 0.717) is 12.3 Å². The number of nitrogens with zero attached hydrogens (tertiary/aromatic N) is 4. The number of hydrogen-bond donors (Lipinski definition) is 1. The van der Waals surface area contributed by atoms with Crippen LogP contribution in [0.4, 0.5) is 0 Å². The van der Waals surface area contributed by atoms with E-state index < -0.39 is 0 Å². The molecule has 2 heterocycles. The normalized spacial score (nSPS) is 18.2. The van der Waals surface area contributed by atoms with Crippen LogP contribution in [0.3, 0.4) is 0 Å². The molecule has 2 fully saturated rings. The summed E-state index contributed by atoms with van der Waals surface area (Å²) in [5.41, 5.74) is 1.07. The van der Waals surface area contributed by atoms with Gasteiger partial charge in [-0.2, -0.15) is 0 Å². The number of likely N-dealkylation sites (tertiary alicyclic amines) is 1. The molecule has 1 unspecified atom stereocenters. The summed E-state index contributed by atoms with van der Waals surface area (Å²) >= 11 is 0. The van der Waals surface area contributed by atoms with Crippen molar-refractivity contribution in [2.75, 3.05) is 60.0 Å². The summed E-state index contributed by atoms with van der Waals surface area (Å²) in [4.78, 5) is 24.2. The molecule has 2 saturated heterocycles. The standard InChI is InChI=1S/C23H37N5O3.HI/c1-5-24-23(25-17-19-8-9-20(30-3)21(16-19)31-4)28-14-12-26(13-15-28)18(2)22(29)27-10-6-7-11-27;/h8-9,16,18H,5-7,10-15,17H2,1-4H3,(H,24,25);1H. The van der Waals surface area contributed by atoms with Gasteiger partial charge in [0.05, 0.1) is 26.8 Å². The van der Waals surface area contributed by atoms with E-state index in [1.807, 2.05) is 30.0 Å². The number of benzene rings is 1. The molecule has 180 valence electrons. The first-order valence-electron chi connectivity index (χ1n) is 11.3. The van der Waals surface area contributed by atoms with Gasteiger partial charge < -0.3 is 24.6 Å². The molecule has 0 bridgehead atoms. The van der Waals surface area contributed by atoms with Gasteiger partial charge in [-0.15, -0.1) is 24.0 Å². The largest absolute Gasteiger partial charge is 0.493 e. The molecule has 1 atom stereocenters. The maximum Gasteiger partial charge on any atom is 0.239 e. The molecule has 1 amide bonds. The van der Waals surface area contributed by atoms with Gasteiger partial charge in [-0.05, 0) is 44.4 Å². The van der Waals surface area contributed by atoms with Gasteiger partial charge in [0.25, 0.3) is 0 Å². The van der Waals surface area contributed by atoms with Crippen molar-refractivity contribution in [2.24, 2.45) is 4.99 Å². The van der Waals surface area contributed by atoms with Crippen molar-refractivity contribution in [1.29, 1.82) is 0 Å². The number of nitrogens with one attached hydrogen (secondary N) is 1. The number of rotatable bonds is 7. The lowest BCUT2D eigenvalue weighted by Crippen LogP contribution is -2.57. The molecule has 2 aliphatic heterocycles. The molecular weight excluding hydrogens is 521 g/mol. The summed E-state index contributed by atoms with van der Waals surface area (Å²) in [6.07, 6.45) is 2.27. The summed E-state index contributed by atoms with van der Waals surface area (Å²) in [6.45, 7) is 10.8. The zero-order valence-electron chi connectivity index (χ0n) is 19.8. The van der Waals surface area contributed by atoms with Crippen LogP contribution in [0.25, 0.3) is 0 Å². The third kappa shape index (κ3) is 6.63. The second-order valence-corrected chi connectivity index (χ2v) is 8.09. The first kappa shape index (κ1) is 26.5. The van der Waals surface area contributed by atoms with Crippen molar-refractivity contribution in [2.45, 2.75) is 39.3 Å². The topological polar surface area (TPSA) is 69.6 Å². The zero-order valence-corrected chi connectivity index (χ0v) is 22.1. The molecular formula is C23H38IN5O3. The minimum Gasteiger partial charge on any atom is -0.493 e. The monoisotopic (exact) mass is 559 g/mol. The smallest absolute Gasteiger partial charge is 0.239 e. The molecule has 0 aromatic heterocycles. The number of guanidine groups is 1. The van der Waals surface area contributed by atoms with Gasteiger partial charge >= 0.3 is 0 Å². The molecule has 0 spiro atoms. The van der Waals surface area contributed by atoms with Crippen molar-refractivity contribution in [3.05, 3.63) is 23.8 Å². The third-order valence-electron chi connectivity index (χ3n) is 6.13. The van der Waals surface area contributed by atoms with Gasteiger partial charge in [-0.3, -0.25) is 9.69 Å². The molecule has 3 rings (SSSR count). The first-order chi connectivity index (χ1) is 15.1. The van der Waals surface area contributed by atoms with Crippen LogP contribution in [0.5, 0.6) is 11.5 Å². The van der Waals surface area contributed by atoms with Gasteiger partial charge in [0.15, 0.2) is 17.5 Å². The van der Waals surface area contributed by atoms with Crippen LogP contribution in [0.2, 0.25) is 0 Å². The Kier molecular flexibility index (Phi) is 10.8.